The van der Waals surface area contributed by atoms with E-state index in [2.05, 4.69) is 0 Å². The number of rotatable bonds is 20. The second-order valence-electron chi connectivity index (χ2n) is 5.36. The van der Waals surface area contributed by atoms with Gasteiger partial charge < -0.3 is 0 Å². The summed E-state index contributed by atoms with van der Waals surface area (Å²) in [6.45, 7) is 0. The molecule has 0 aliphatic rings. The number of hydrogen-bond acceptors (Lipinski definition) is 16. The minimum absolute atomic E-state index is 1.33. The summed E-state index contributed by atoms with van der Waals surface area (Å²) >= 11 is -19.5. The van der Waals surface area contributed by atoms with Gasteiger partial charge in [-0.15, -0.1) is 0 Å². The molecule has 0 spiro atoms. The Kier molecular flexibility index (Phi) is 18.1. The molecule has 21 heteroatoms. The van der Waals surface area contributed by atoms with Crippen LogP contribution in [0.2, 0.25) is 0 Å². The fourth-order valence-electron chi connectivity index (χ4n) is 2.24. The van der Waals surface area contributed by atoms with Gasteiger partial charge in [-0.2, -0.15) is 0 Å². The average Bonchev–Trinajstić information content (AvgIpc) is 2.88. The quantitative estimate of drug-likeness (QED) is 0.137. The first kappa shape index (κ1) is 35.8. The Morgan fingerprint density at radius 3 is 0.485 bits per heavy atom. The van der Waals surface area contributed by atoms with Crippen LogP contribution in [0.4, 0.5) is 0 Å². The Hall–Kier alpha value is 2.77. The summed E-state index contributed by atoms with van der Waals surface area (Å²) in [7, 11) is 11.3. The summed E-state index contributed by atoms with van der Waals surface area (Å²) in [5.74, 6) is 0. The third-order valence-electron chi connectivity index (χ3n) is 4.00. The van der Waals surface area contributed by atoms with Crippen LogP contribution in [-0.4, -0.2) is 174 Å². The molecule has 0 saturated heterocycles. The third kappa shape index (κ3) is 9.48. The van der Waals surface area contributed by atoms with Crippen molar-refractivity contribution in [2.45, 2.75) is 0 Å². The van der Waals surface area contributed by atoms with Gasteiger partial charge in [-0.3, -0.25) is 0 Å². The molecule has 16 nitrogen and oxygen atoms in total. The zero-order valence-electron chi connectivity index (χ0n) is 21.0. The van der Waals surface area contributed by atoms with Gasteiger partial charge in [0.1, 0.15) is 0 Å². The first-order chi connectivity index (χ1) is 15.6. The molecule has 0 radical (unpaired) electrons. The third-order valence-corrected chi connectivity index (χ3v) is 40.2. The van der Waals surface area contributed by atoms with E-state index in [4.69, 9.17) is 47.9 Å². The van der Waals surface area contributed by atoms with Crippen LogP contribution >= 0.6 is 0 Å². The Balaban J connectivity index is 7.10. The van der Waals surface area contributed by atoms with Gasteiger partial charge >= 0.3 is 222 Å². The van der Waals surface area contributed by atoms with Crippen molar-refractivity contribution in [3.63, 3.8) is 0 Å². The summed E-state index contributed by atoms with van der Waals surface area (Å²) in [6, 6.07) is 0. The van der Waals surface area contributed by atoms with E-state index < -0.39 is 89.2 Å². The molecule has 0 fully saturated rings. The van der Waals surface area contributed by atoms with Crippen molar-refractivity contribution in [1.29, 1.82) is 0 Å². The Morgan fingerprint density at radius 2 is 0.394 bits per heavy atom. The maximum atomic E-state index is 6.21. The molecular formula is C12H36O16SiSn4. The van der Waals surface area contributed by atoms with Gasteiger partial charge in [-0.25, -0.2) is 0 Å². The van der Waals surface area contributed by atoms with E-state index >= 15 is 0 Å². The van der Waals surface area contributed by atoms with E-state index in [9.17, 15) is 0 Å². The normalized spacial score (nSPS) is 14.2. The van der Waals surface area contributed by atoms with Crippen molar-refractivity contribution in [2.75, 3.05) is 85.3 Å². The second-order valence-corrected chi connectivity index (χ2v) is 39.6. The molecule has 0 N–H and O–H groups in total. The van der Waals surface area contributed by atoms with Crippen molar-refractivity contribution < 1.29 is 47.9 Å². The van der Waals surface area contributed by atoms with Crippen LogP contribution in [0.5, 0.6) is 0 Å². The first-order valence-electron chi connectivity index (χ1n) is 8.98. The standard InChI is InChI=1S/12CH3O.O4Si.4Sn/c12*1-2;1-5(2,3)4;;;;/h12*1H3;;;;;/q12*-1;-4;4*+4. The predicted molar refractivity (Wildman–Crippen MR) is 117 cm³/mol. The second kappa shape index (κ2) is 16.7. The Bertz CT molecular complexity index is 407. The molecule has 0 amide bonds. The van der Waals surface area contributed by atoms with Gasteiger partial charge in [-0.05, 0) is 0 Å². The van der Waals surface area contributed by atoms with Crippen molar-refractivity contribution in [3.8, 4) is 0 Å². The van der Waals surface area contributed by atoms with Crippen molar-refractivity contribution in [3.05, 3.63) is 0 Å². The van der Waals surface area contributed by atoms with Crippen LogP contribution in [0.15, 0.2) is 0 Å². The van der Waals surface area contributed by atoms with Crippen LogP contribution in [-0.2, 0) is 47.9 Å². The van der Waals surface area contributed by atoms with Crippen LogP contribution in [0.25, 0.3) is 0 Å². The van der Waals surface area contributed by atoms with Gasteiger partial charge in [0, 0.05) is 0 Å². The molecule has 0 rings (SSSR count). The predicted octanol–water partition coefficient (Wildman–Crippen LogP) is -1.01. The minimum atomic E-state index is -4.89. The topological polar surface area (TPSA) is 148 Å². The zero-order chi connectivity index (χ0) is 25.8. The van der Waals surface area contributed by atoms with Crippen molar-refractivity contribution in [1.82, 2.24) is 0 Å². The van der Waals surface area contributed by atoms with Gasteiger partial charge in [-0.1, -0.05) is 0 Å². The fourth-order valence-corrected chi connectivity index (χ4v) is 46.0. The van der Waals surface area contributed by atoms with Crippen LogP contribution < -0.4 is 0 Å². The molecule has 0 heterocycles. The Morgan fingerprint density at radius 1 is 0.273 bits per heavy atom. The summed E-state index contributed by atoms with van der Waals surface area (Å²) in [5, 5.41) is 0. The molecule has 0 aromatic heterocycles. The van der Waals surface area contributed by atoms with Crippen LogP contribution in [0.3, 0.4) is 0 Å². The summed E-state index contributed by atoms with van der Waals surface area (Å²) in [5.41, 5.74) is 0. The molecule has 0 aliphatic carbocycles. The summed E-state index contributed by atoms with van der Waals surface area (Å²) < 4.78 is 90.6. The maximum absolute atomic E-state index is 6.21. The van der Waals surface area contributed by atoms with E-state index in [1.807, 2.05) is 0 Å². The fraction of sp³-hybridized carbons (Fsp3) is 1.00. The van der Waals surface area contributed by atoms with Crippen molar-refractivity contribution in [2.24, 2.45) is 0 Å². The molecule has 200 valence electrons. The molecule has 0 unspecified atom stereocenters. The molecule has 0 aliphatic heterocycles. The van der Waals surface area contributed by atoms with E-state index in [-0.39, 0.29) is 0 Å². The van der Waals surface area contributed by atoms with Crippen molar-refractivity contribution >= 4 is 89.2 Å². The SMILES string of the molecule is C[O][Sn]([O]C)([O]C)[O][Si]([O][Sn]([O]C)([O]C)[O]C)([O][Sn]([O]C)([O]C)[O]C)[O][Sn]([O]C)([O]C)[O]C. The average molecular weight is 939 g/mol. The van der Waals surface area contributed by atoms with E-state index in [0.717, 1.165) is 0 Å². The van der Waals surface area contributed by atoms with Gasteiger partial charge in [0.25, 0.3) is 0 Å². The Labute approximate surface area is 220 Å². The molecule has 0 aromatic carbocycles. The summed E-state index contributed by atoms with van der Waals surface area (Å²) in [6.07, 6.45) is 0. The molecule has 0 atom stereocenters. The molecule has 0 saturated carbocycles. The van der Waals surface area contributed by atoms with E-state index in [1.54, 1.807) is 0 Å². The monoisotopic (exact) mass is 944 g/mol. The first-order valence-corrected chi connectivity index (χ1v) is 29.3. The molecule has 33 heavy (non-hydrogen) atoms. The zero-order valence-corrected chi connectivity index (χ0v) is 33.4. The van der Waals surface area contributed by atoms with E-state index in [1.165, 1.54) is 85.3 Å². The van der Waals surface area contributed by atoms with Gasteiger partial charge in [0.15, 0.2) is 0 Å². The molecule has 0 bridgehead atoms. The summed E-state index contributed by atoms with van der Waals surface area (Å²) in [4.78, 5) is 0. The van der Waals surface area contributed by atoms with Gasteiger partial charge in [0.2, 0.25) is 0 Å². The molecular weight excluding hydrogens is 903 g/mol. The van der Waals surface area contributed by atoms with E-state index in [0.29, 0.717) is 0 Å². The van der Waals surface area contributed by atoms with Crippen LogP contribution in [0.1, 0.15) is 0 Å². The number of hydrogen-bond donors (Lipinski definition) is 0. The molecule has 0 aromatic rings. The van der Waals surface area contributed by atoms with Gasteiger partial charge in [0.05, 0.1) is 0 Å². The van der Waals surface area contributed by atoms with Crippen LogP contribution in [0, 0.1) is 0 Å².